The van der Waals surface area contributed by atoms with Gasteiger partial charge >= 0.3 is 16.0 Å². The topological polar surface area (TPSA) is 142 Å². The highest BCUT2D eigenvalue weighted by molar-refractivity contribution is 7.17. The van der Waals surface area contributed by atoms with Gasteiger partial charge in [0.2, 0.25) is 0 Å². The molecule has 0 bridgehead atoms. The van der Waals surface area contributed by atoms with E-state index in [1.165, 1.54) is 30.3 Å². The molecule has 13 heteroatoms. The molecule has 1 N–H and O–H groups in total. The molecule has 30 heavy (non-hydrogen) atoms. The molecular formula is C17H10FN3O7S2. The molecule has 0 unspecified atom stereocenters. The first-order valence-corrected chi connectivity index (χ1v) is 9.65. The molecule has 0 atom stereocenters. The third-order valence-electron chi connectivity index (χ3n) is 3.62. The number of ether oxygens (including phenoxy) is 1. The zero-order valence-corrected chi connectivity index (χ0v) is 16.3. The number of rotatable bonds is 7. The van der Waals surface area contributed by atoms with Gasteiger partial charge < -0.3 is 10.1 Å². The summed E-state index contributed by atoms with van der Waals surface area (Å²) in [5.74, 6) is -2.73. The predicted molar refractivity (Wildman–Crippen MR) is 104 cm³/mol. The summed E-state index contributed by atoms with van der Waals surface area (Å²) in [6.45, 7) is -0.0627. The summed E-state index contributed by atoms with van der Waals surface area (Å²) in [5, 5.41) is 23.4. The summed E-state index contributed by atoms with van der Waals surface area (Å²) < 4.78 is 19.2. The molecule has 2 heterocycles. The standard InChI is InChI=1S/C17H10FN3O7S2/c18-10-7-9(8-19-16(22)12-3-5-14(29-12)20(24)25)1-2-11(10)28-17(23)13-4-6-15(30-13)21(26)27/h1-7H,8H2,(H,19,22). The Bertz CT molecular complexity index is 1160. The van der Waals surface area contributed by atoms with Crippen LogP contribution in [0.15, 0.2) is 42.5 Å². The van der Waals surface area contributed by atoms with Crippen LogP contribution < -0.4 is 10.1 Å². The van der Waals surface area contributed by atoms with Gasteiger partial charge in [0.1, 0.15) is 4.88 Å². The Morgan fingerprint density at radius 1 is 0.967 bits per heavy atom. The Kier molecular flexibility index (Phi) is 6.13. The highest BCUT2D eigenvalue weighted by Gasteiger charge is 2.19. The van der Waals surface area contributed by atoms with Crippen molar-refractivity contribution in [3.63, 3.8) is 0 Å². The molecule has 10 nitrogen and oxygen atoms in total. The quantitative estimate of drug-likeness (QED) is 0.248. The number of nitro groups is 2. The first kappa shape index (κ1) is 21.0. The summed E-state index contributed by atoms with van der Waals surface area (Å²) in [4.78, 5) is 44.2. The monoisotopic (exact) mass is 451 g/mol. The van der Waals surface area contributed by atoms with Gasteiger partial charge in [0.05, 0.1) is 14.7 Å². The molecular weight excluding hydrogens is 441 g/mol. The molecule has 154 valence electrons. The highest BCUT2D eigenvalue weighted by Crippen LogP contribution is 2.27. The molecule has 0 spiro atoms. The van der Waals surface area contributed by atoms with E-state index in [-0.39, 0.29) is 32.1 Å². The maximum Gasteiger partial charge on any atom is 0.354 e. The summed E-state index contributed by atoms with van der Waals surface area (Å²) in [6, 6.07) is 8.54. The lowest BCUT2D eigenvalue weighted by Crippen LogP contribution is -2.21. The number of amides is 1. The maximum atomic E-state index is 14.2. The van der Waals surface area contributed by atoms with Crippen LogP contribution in [0, 0.1) is 26.0 Å². The Morgan fingerprint density at radius 2 is 1.57 bits per heavy atom. The van der Waals surface area contributed by atoms with Crippen molar-refractivity contribution in [2.45, 2.75) is 6.54 Å². The second kappa shape index (κ2) is 8.75. The molecule has 0 saturated carbocycles. The van der Waals surface area contributed by atoms with E-state index in [1.807, 2.05) is 0 Å². The molecule has 0 aliphatic heterocycles. The van der Waals surface area contributed by atoms with Gasteiger partial charge in [-0.2, -0.15) is 0 Å². The van der Waals surface area contributed by atoms with Crippen molar-refractivity contribution in [2.24, 2.45) is 0 Å². The smallest absolute Gasteiger partial charge is 0.354 e. The molecule has 0 aliphatic rings. The van der Waals surface area contributed by atoms with E-state index in [0.29, 0.717) is 28.2 Å². The highest BCUT2D eigenvalue weighted by atomic mass is 32.1. The number of carbonyl (C=O) groups excluding carboxylic acids is 2. The second-order valence-corrected chi connectivity index (χ2v) is 7.75. The van der Waals surface area contributed by atoms with Crippen molar-refractivity contribution < 1.29 is 28.6 Å². The molecule has 3 rings (SSSR count). The molecule has 0 saturated heterocycles. The van der Waals surface area contributed by atoms with Crippen LogP contribution in [0.2, 0.25) is 0 Å². The van der Waals surface area contributed by atoms with Gasteiger partial charge in [-0.3, -0.25) is 25.0 Å². The first-order chi connectivity index (χ1) is 14.2. The van der Waals surface area contributed by atoms with Crippen molar-refractivity contribution >= 4 is 44.6 Å². The van der Waals surface area contributed by atoms with Crippen molar-refractivity contribution in [1.82, 2.24) is 5.32 Å². The van der Waals surface area contributed by atoms with E-state index in [9.17, 15) is 34.2 Å². The molecule has 0 radical (unpaired) electrons. The van der Waals surface area contributed by atoms with Crippen LogP contribution >= 0.6 is 22.7 Å². The predicted octanol–water partition coefficient (Wildman–Crippen LogP) is 3.91. The van der Waals surface area contributed by atoms with E-state index < -0.39 is 27.5 Å². The second-order valence-electron chi connectivity index (χ2n) is 5.63. The van der Waals surface area contributed by atoms with Crippen LogP contribution in [-0.4, -0.2) is 21.7 Å². The summed E-state index contributed by atoms with van der Waals surface area (Å²) in [5.41, 5.74) is 0.360. The third-order valence-corrected chi connectivity index (χ3v) is 5.67. The van der Waals surface area contributed by atoms with Gasteiger partial charge in [-0.25, -0.2) is 9.18 Å². The number of nitrogens with one attached hydrogen (secondary N) is 1. The lowest BCUT2D eigenvalue weighted by molar-refractivity contribution is -0.380. The SMILES string of the molecule is O=C(NCc1ccc(OC(=O)c2ccc([N+](=O)[O-])s2)c(F)c1)c1ccc([N+](=O)[O-])s1. The number of esters is 1. The lowest BCUT2D eigenvalue weighted by Gasteiger charge is -2.07. The van der Waals surface area contributed by atoms with Gasteiger partial charge in [-0.15, -0.1) is 0 Å². The third kappa shape index (κ3) is 4.82. The van der Waals surface area contributed by atoms with Crippen molar-refractivity contribution in [1.29, 1.82) is 0 Å². The number of benzene rings is 1. The molecule has 2 aromatic heterocycles. The molecule has 3 aromatic rings. The number of hydrogen-bond acceptors (Lipinski definition) is 9. The Balaban J connectivity index is 1.61. The summed E-state index contributed by atoms with van der Waals surface area (Å²) >= 11 is 1.32. The fourth-order valence-electron chi connectivity index (χ4n) is 2.24. The van der Waals surface area contributed by atoms with E-state index >= 15 is 0 Å². The Morgan fingerprint density at radius 3 is 2.13 bits per heavy atom. The van der Waals surface area contributed by atoms with Crippen LogP contribution in [0.1, 0.15) is 24.9 Å². The maximum absolute atomic E-state index is 14.2. The van der Waals surface area contributed by atoms with Crippen LogP contribution in [0.3, 0.4) is 0 Å². The minimum absolute atomic E-state index is 0.0533. The fourth-order valence-corrected chi connectivity index (χ4v) is 3.67. The zero-order valence-electron chi connectivity index (χ0n) is 14.7. The molecule has 1 aromatic carbocycles. The van der Waals surface area contributed by atoms with Crippen LogP contribution in [-0.2, 0) is 6.54 Å². The molecule has 0 aliphatic carbocycles. The average molecular weight is 451 g/mol. The fraction of sp³-hybridized carbons (Fsp3) is 0.0588. The summed E-state index contributed by atoms with van der Waals surface area (Å²) in [6.07, 6.45) is 0. The number of nitrogens with zero attached hydrogens (tertiary/aromatic N) is 2. The van der Waals surface area contributed by atoms with Gasteiger partial charge in [0.15, 0.2) is 11.6 Å². The van der Waals surface area contributed by atoms with Gasteiger partial charge in [-0.05, 0) is 29.8 Å². The van der Waals surface area contributed by atoms with Crippen LogP contribution in [0.5, 0.6) is 5.75 Å². The summed E-state index contributed by atoms with van der Waals surface area (Å²) in [7, 11) is 0. The Hall–Kier alpha value is -3.71. The Labute approximate surface area is 174 Å². The van der Waals surface area contributed by atoms with E-state index in [1.54, 1.807) is 0 Å². The average Bonchev–Trinajstić information content (AvgIpc) is 3.38. The van der Waals surface area contributed by atoms with Gasteiger partial charge in [0.25, 0.3) is 5.91 Å². The number of carbonyl (C=O) groups is 2. The van der Waals surface area contributed by atoms with Gasteiger partial charge in [0, 0.05) is 18.7 Å². The molecule has 0 fully saturated rings. The largest absolute Gasteiger partial charge is 0.419 e. The minimum Gasteiger partial charge on any atom is -0.419 e. The number of hydrogen-bond donors (Lipinski definition) is 1. The van der Waals surface area contributed by atoms with E-state index in [4.69, 9.17) is 4.74 Å². The molecule has 1 amide bonds. The van der Waals surface area contributed by atoms with E-state index in [2.05, 4.69) is 5.32 Å². The van der Waals surface area contributed by atoms with Crippen LogP contribution in [0.4, 0.5) is 14.4 Å². The van der Waals surface area contributed by atoms with E-state index in [0.717, 1.165) is 12.1 Å². The van der Waals surface area contributed by atoms with Crippen molar-refractivity contribution in [3.8, 4) is 5.75 Å². The van der Waals surface area contributed by atoms with Gasteiger partial charge in [-0.1, -0.05) is 28.7 Å². The van der Waals surface area contributed by atoms with Crippen LogP contribution in [0.25, 0.3) is 0 Å². The van der Waals surface area contributed by atoms with Crippen molar-refractivity contribution in [2.75, 3.05) is 0 Å². The normalized spacial score (nSPS) is 10.4. The lowest BCUT2D eigenvalue weighted by atomic mass is 10.2. The number of halogens is 1. The number of thiophene rings is 2. The zero-order chi connectivity index (χ0) is 21.8. The minimum atomic E-state index is -0.938. The first-order valence-electron chi connectivity index (χ1n) is 8.02. The van der Waals surface area contributed by atoms with Crippen molar-refractivity contribution in [3.05, 3.63) is 83.8 Å².